The highest BCUT2D eigenvalue weighted by molar-refractivity contribution is 5.77. The zero-order valence-electron chi connectivity index (χ0n) is 10.1. The lowest BCUT2D eigenvalue weighted by molar-refractivity contribution is 0.204. The van der Waals surface area contributed by atoms with E-state index in [0.717, 1.165) is 0 Å². The molecule has 0 aliphatic heterocycles. The normalized spacial score (nSPS) is 11.7. The molecule has 0 radical (unpaired) electrons. The van der Waals surface area contributed by atoms with Crippen LogP contribution in [0.1, 0.15) is 5.56 Å². The molecule has 8 heteroatoms. The topological polar surface area (TPSA) is 59.6 Å². The summed E-state index contributed by atoms with van der Waals surface area (Å²) in [6.45, 7) is 0.180. The van der Waals surface area contributed by atoms with Crippen molar-refractivity contribution in [3.8, 4) is 0 Å². The number of guanidine groups is 1. The van der Waals surface area contributed by atoms with E-state index in [-0.39, 0.29) is 12.0 Å². The van der Waals surface area contributed by atoms with E-state index in [1.165, 1.54) is 7.11 Å². The predicted octanol–water partition coefficient (Wildman–Crippen LogP) is 1.29. The minimum Gasteiger partial charge on any atom is -0.383 e. The van der Waals surface area contributed by atoms with Gasteiger partial charge in [-0.15, -0.1) is 0 Å². The van der Waals surface area contributed by atoms with E-state index in [1.807, 2.05) is 0 Å². The molecule has 0 heterocycles. The Balaban J connectivity index is 2.77. The van der Waals surface area contributed by atoms with Crippen LogP contribution in [0.5, 0.6) is 0 Å². The zero-order chi connectivity index (χ0) is 14.4. The van der Waals surface area contributed by atoms with Crippen LogP contribution in [0.2, 0.25) is 0 Å². The van der Waals surface area contributed by atoms with Crippen LogP contribution in [0.3, 0.4) is 0 Å². The molecule has 0 saturated heterocycles. The molecule has 0 saturated carbocycles. The van der Waals surface area contributed by atoms with Crippen molar-refractivity contribution in [1.29, 1.82) is 0 Å². The fraction of sp³-hybridized carbons (Fsp3) is 0.364. The second kappa shape index (κ2) is 6.93. The molecule has 1 aromatic carbocycles. The Kier molecular flexibility index (Phi) is 5.56. The van der Waals surface area contributed by atoms with Gasteiger partial charge in [-0.3, -0.25) is 0 Å². The number of hydrogen-bond donors (Lipinski definition) is 2. The molecule has 0 spiro atoms. The average molecular weight is 279 g/mol. The minimum atomic E-state index is -1.74. The number of nitrogens with zero attached hydrogens (tertiary/aromatic N) is 1. The third-order valence-electron chi connectivity index (χ3n) is 2.23. The number of halogens is 4. The Morgan fingerprint density at radius 2 is 1.95 bits per heavy atom. The molecule has 3 N–H and O–H groups in total. The van der Waals surface area contributed by atoms with Crippen molar-refractivity contribution in [1.82, 2.24) is 5.32 Å². The van der Waals surface area contributed by atoms with Gasteiger partial charge in [0.15, 0.2) is 23.4 Å². The van der Waals surface area contributed by atoms with Crippen LogP contribution in [0.4, 0.5) is 17.6 Å². The summed E-state index contributed by atoms with van der Waals surface area (Å²) in [5.41, 5.74) is 4.72. The molecule has 0 aliphatic rings. The number of ether oxygens (including phenoxy) is 1. The van der Waals surface area contributed by atoms with E-state index >= 15 is 0 Å². The second-order valence-corrected chi connectivity index (χ2v) is 3.57. The monoisotopic (exact) mass is 279 g/mol. The molecular formula is C11H13F4N3O. The largest absolute Gasteiger partial charge is 0.383 e. The Morgan fingerprint density at radius 1 is 1.26 bits per heavy atom. The number of hydrogen-bond acceptors (Lipinski definition) is 2. The van der Waals surface area contributed by atoms with Gasteiger partial charge in [0.1, 0.15) is 5.82 Å². The van der Waals surface area contributed by atoms with Crippen molar-refractivity contribution in [3.05, 3.63) is 34.9 Å². The van der Waals surface area contributed by atoms with Crippen LogP contribution in [0.15, 0.2) is 11.1 Å². The fourth-order valence-electron chi connectivity index (χ4n) is 1.25. The van der Waals surface area contributed by atoms with E-state index in [1.54, 1.807) is 0 Å². The van der Waals surface area contributed by atoms with Crippen LogP contribution in [0, 0.1) is 23.3 Å². The molecule has 1 aromatic rings. The molecule has 106 valence electrons. The Labute approximate surface area is 107 Å². The van der Waals surface area contributed by atoms with Gasteiger partial charge in [-0.25, -0.2) is 22.6 Å². The molecule has 0 aromatic heterocycles. The quantitative estimate of drug-likeness (QED) is 0.213. The maximum atomic E-state index is 13.3. The molecule has 0 atom stereocenters. The smallest absolute Gasteiger partial charge is 0.194 e. The standard InChI is InChI=1S/C11H13F4N3O/c1-19-3-2-17-11(16)18-5-6-7(12)4-8(13)10(15)9(6)14/h4H,2-3,5H2,1H3,(H3,16,17,18). The van der Waals surface area contributed by atoms with Crippen molar-refractivity contribution in [2.75, 3.05) is 20.3 Å². The van der Waals surface area contributed by atoms with Gasteiger partial charge in [0.2, 0.25) is 0 Å². The average Bonchev–Trinajstić information content (AvgIpc) is 2.36. The molecule has 4 nitrogen and oxygen atoms in total. The lowest BCUT2D eigenvalue weighted by Gasteiger charge is -2.06. The number of methoxy groups -OCH3 is 1. The zero-order valence-corrected chi connectivity index (χ0v) is 10.1. The predicted molar refractivity (Wildman–Crippen MR) is 61.5 cm³/mol. The van der Waals surface area contributed by atoms with E-state index in [0.29, 0.717) is 13.2 Å². The van der Waals surface area contributed by atoms with Crippen molar-refractivity contribution >= 4 is 5.96 Å². The van der Waals surface area contributed by atoms with E-state index in [9.17, 15) is 17.6 Å². The van der Waals surface area contributed by atoms with Crippen LogP contribution < -0.4 is 11.1 Å². The Bertz CT molecular complexity index is 479. The number of aliphatic imine (C=N–C) groups is 1. The molecule has 0 bridgehead atoms. The molecule has 1 rings (SSSR count). The molecule has 19 heavy (non-hydrogen) atoms. The highest BCUT2D eigenvalue weighted by atomic mass is 19.2. The molecule has 0 amide bonds. The van der Waals surface area contributed by atoms with Gasteiger partial charge in [0.05, 0.1) is 13.2 Å². The SMILES string of the molecule is COCCNC(N)=NCc1c(F)cc(F)c(F)c1F. The highest BCUT2D eigenvalue weighted by Crippen LogP contribution is 2.19. The minimum absolute atomic E-state index is 0.0828. The maximum Gasteiger partial charge on any atom is 0.194 e. The summed E-state index contributed by atoms with van der Waals surface area (Å²) < 4.78 is 56.9. The first-order valence-electron chi connectivity index (χ1n) is 5.32. The maximum absolute atomic E-state index is 13.3. The third kappa shape index (κ3) is 4.09. The van der Waals surface area contributed by atoms with Gasteiger partial charge in [-0.1, -0.05) is 0 Å². The summed E-state index contributed by atoms with van der Waals surface area (Å²) >= 11 is 0. The lowest BCUT2D eigenvalue weighted by Crippen LogP contribution is -2.34. The number of nitrogens with two attached hydrogens (primary N) is 1. The number of rotatable bonds is 5. The Morgan fingerprint density at radius 3 is 2.58 bits per heavy atom. The molecule has 0 aliphatic carbocycles. The first kappa shape index (κ1) is 15.2. The lowest BCUT2D eigenvalue weighted by atomic mass is 10.2. The first-order valence-corrected chi connectivity index (χ1v) is 5.32. The van der Waals surface area contributed by atoms with Crippen molar-refractivity contribution in [2.24, 2.45) is 10.7 Å². The summed E-state index contributed by atoms with van der Waals surface area (Å²) in [6.07, 6.45) is 0. The van der Waals surface area contributed by atoms with E-state index in [4.69, 9.17) is 10.5 Å². The van der Waals surface area contributed by atoms with Crippen molar-refractivity contribution in [2.45, 2.75) is 6.54 Å². The van der Waals surface area contributed by atoms with Crippen LogP contribution in [0.25, 0.3) is 0 Å². The molecular weight excluding hydrogens is 266 g/mol. The van der Waals surface area contributed by atoms with Crippen molar-refractivity contribution < 1.29 is 22.3 Å². The van der Waals surface area contributed by atoms with Crippen LogP contribution in [-0.2, 0) is 11.3 Å². The second-order valence-electron chi connectivity index (χ2n) is 3.57. The highest BCUT2D eigenvalue weighted by Gasteiger charge is 2.18. The van der Waals surface area contributed by atoms with E-state index in [2.05, 4.69) is 10.3 Å². The van der Waals surface area contributed by atoms with Gasteiger partial charge >= 0.3 is 0 Å². The van der Waals surface area contributed by atoms with Gasteiger partial charge in [0.25, 0.3) is 0 Å². The summed E-state index contributed by atoms with van der Waals surface area (Å²) in [6, 6.07) is 0.262. The summed E-state index contributed by atoms with van der Waals surface area (Å²) in [4.78, 5) is 3.62. The number of benzene rings is 1. The van der Waals surface area contributed by atoms with Crippen LogP contribution >= 0.6 is 0 Å². The fourth-order valence-corrected chi connectivity index (χ4v) is 1.25. The third-order valence-corrected chi connectivity index (χ3v) is 2.23. The summed E-state index contributed by atoms with van der Waals surface area (Å²) in [5.74, 6) is -6.23. The van der Waals surface area contributed by atoms with Crippen molar-refractivity contribution in [3.63, 3.8) is 0 Å². The van der Waals surface area contributed by atoms with Gasteiger partial charge in [-0.2, -0.15) is 0 Å². The summed E-state index contributed by atoms with van der Waals surface area (Å²) in [7, 11) is 1.49. The summed E-state index contributed by atoms with van der Waals surface area (Å²) in [5, 5.41) is 2.61. The van der Waals surface area contributed by atoms with Gasteiger partial charge in [0, 0.05) is 25.3 Å². The van der Waals surface area contributed by atoms with Crippen LogP contribution in [-0.4, -0.2) is 26.2 Å². The van der Waals surface area contributed by atoms with Gasteiger partial charge in [-0.05, 0) is 0 Å². The Hall–Kier alpha value is -1.83. The molecule has 0 fully saturated rings. The first-order chi connectivity index (χ1) is 8.97. The van der Waals surface area contributed by atoms with Gasteiger partial charge < -0.3 is 15.8 Å². The van der Waals surface area contributed by atoms with E-state index < -0.39 is 35.4 Å². The number of nitrogens with one attached hydrogen (secondary N) is 1. The molecule has 0 unspecified atom stereocenters.